The van der Waals surface area contributed by atoms with Crippen molar-refractivity contribution in [3.05, 3.63) is 54.2 Å². The van der Waals surface area contributed by atoms with Crippen molar-refractivity contribution in [3.63, 3.8) is 0 Å². The maximum atomic E-state index is 13.1. The molecule has 1 amide bonds. The van der Waals surface area contributed by atoms with E-state index in [4.69, 9.17) is 0 Å². The second-order valence-electron chi connectivity index (χ2n) is 7.93. The summed E-state index contributed by atoms with van der Waals surface area (Å²) in [6.07, 6.45) is 5.24. The summed E-state index contributed by atoms with van der Waals surface area (Å²) in [5, 5.41) is 1.07. The van der Waals surface area contributed by atoms with Crippen LogP contribution in [0, 0.1) is 0 Å². The van der Waals surface area contributed by atoms with Gasteiger partial charge in [-0.15, -0.1) is 0 Å². The molecule has 1 aliphatic rings. The molecule has 160 valence electrons. The van der Waals surface area contributed by atoms with Gasteiger partial charge in [-0.1, -0.05) is 25.1 Å². The lowest BCUT2D eigenvalue weighted by Crippen LogP contribution is -2.39. The summed E-state index contributed by atoms with van der Waals surface area (Å²) in [6.45, 7) is 3.45. The van der Waals surface area contributed by atoms with E-state index in [1.807, 2.05) is 57.6 Å². The first-order chi connectivity index (χ1) is 14.4. The van der Waals surface area contributed by atoms with E-state index in [2.05, 4.69) is 4.98 Å². The third-order valence-electron chi connectivity index (χ3n) is 6.15. The highest BCUT2D eigenvalue weighted by atomic mass is 32.2. The molecule has 0 atom stereocenters. The minimum Gasteiger partial charge on any atom is -0.340 e. The zero-order chi connectivity index (χ0) is 21.3. The molecule has 0 radical (unpaired) electrons. The van der Waals surface area contributed by atoms with E-state index in [9.17, 15) is 13.2 Å². The Hall–Kier alpha value is -2.61. The average molecular weight is 429 g/mol. The van der Waals surface area contributed by atoms with E-state index in [0.717, 1.165) is 29.6 Å². The fourth-order valence-electron chi connectivity index (χ4n) is 4.25. The van der Waals surface area contributed by atoms with Crippen LogP contribution in [0.4, 0.5) is 0 Å². The molecule has 0 unspecified atom stereocenters. The van der Waals surface area contributed by atoms with Gasteiger partial charge in [0, 0.05) is 61.6 Å². The van der Waals surface area contributed by atoms with Crippen LogP contribution in [0.25, 0.3) is 10.9 Å². The average Bonchev–Trinajstić information content (AvgIpc) is 3.37. The summed E-state index contributed by atoms with van der Waals surface area (Å²) in [7, 11) is -1.08. The highest BCUT2D eigenvalue weighted by molar-refractivity contribution is 7.91. The molecule has 1 fully saturated rings. The Morgan fingerprint density at radius 1 is 1.20 bits per heavy atom. The SMILES string of the molecule is CCS(=O)(=O)CCn1ccnc1C1CCN(C(=O)c2cc3ccccc3n2C)CC1. The van der Waals surface area contributed by atoms with Gasteiger partial charge in [-0.05, 0) is 25.0 Å². The number of fused-ring (bicyclic) bond motifs is 1. The Morgan fingerprint density at radius 3 is 2.63 bits per heavy atom. The molecule has 0 aliphatic carbocycles. The second kappa shape index (κ2) is 8.26. The summed E-state index contributed by atoms with van der Waals surface area (Å²) in [5.74, 6) is 1.51. The molecule has 30 heavy (non-hydrogen) atoms. The Balaban J connectivity index is 1.42. The van der Waals surface area contributed by atoms with Gasteiger partial charge in [0.25, 0.3) is 5.91 Å². The topological polar surface area (TPSA) is 77.2 Å². The van der Waals surface area contributed by atoms with Crippen LogP contribution in [0.15, 0.2) is 42.7 Å². The number of para-hydroxylation sites is 1. The fourth-order valence-corrected chi connectivity index (χ4v) is 5.01. The van der Waals surface area contributed by atoms with Gasteiger partial charge in [-0.3, -0.25) is 4.79 Å². The Morgan fingerprint density at radius 2 is 1.93 bits per heavy atom. The van der Waals surface area contributed by atoms with E-state index in [1.165, 1.54) is 0 Å². The number of piperidine rings is 1. The van der Waals surface area contributed by atoms with Crippen LogP contribution in [-0.4, -0.2) is 57.9 Å². The first kappa shape index (κ1) is 20.7. The molecule has 7 nitrogen and oxygen atoms in total. The van der Waals surface area contributed by atoms with Crippen LogP contribution < -0.4 is 0 Å². The van der Waals surface area contributed by atoms with Crippen LogP contribution in [0.1, 0.15) is 42.0 Å². The maximum absolute atomic E-state index is 13.1. The monoisotopic (exact) mass is 428 g/mol. The molecule has 3 heterocycles. The van der Waals surface area contributed by atoms with Crippen molar-refractivity contribution in [1.29, 1.82) is 0 Å². The standard InChI is InChI=1S/C22H28N4O3S/c1-3-30(28,29)15-14-25-13-10-23-21(25)17-8-11-26(12-9-17)22(27)20-16-18-6-4-5-7-19(18)24(20)2/h4-7,10,13,16-17H,3,8-9,11-12,14-15H2,1-2H3. The van der Waals surface area contributed by atoms with Crippen molar-refractivity contribution in [2.24, 2.45) is 7.05 Å². The number of hydrogen-bond acceptors (Lipinski definition) is 4. The molecule has 4 rings (SSSR count). The fraction of sp³-hybridized carbons (Fsp3) is 0.455. The Bertz CT molecular complexity index is 1150. The zero-order valence-electron chi connectivity index (χ0n) is 17.5. The van der Waals surface area contributed by atoms with Crippen molar-refractivity contribution in [2.45, 2.75) is 32.2 Å². The van der Waals surface area contributed by atoms with Crippen LogP contribution in [0.5, 0.6) is 0 Å². The molecule has 0 saturated carbocycles. The van der Waals surface area contributed by atoms with Crippen molar-refractivity contribution in [3.8, 4) is 0 Å². The molecular formula is C22H28N4O3S. The summed E-state index contributed by atoms with van der Waals surface area (Å²) < 4.78 is 27.6. The van der Waals surface area contributed by atoms with E-state index < -0.39 is 9.84 Å². The Labute approximate surface area is 177 Å². The van der Waals surface area contributed by atoms with Gasteiger partial charge < -0.3 is 14.0 Å². The predicted molar refractivity (Wildman–Crippen MR) is 117 cm³/mol. The van der Waals surface area contributed by atoms with Crippen molar-refractivity contribution < 1.29 is 13.2 Å². The number of likely N-dealkylation sites (tertiary alicyclic amines) is 1. The van der Waals surface area contributed by atoms with Gasteiger partial charge in [-0.25, -0.2) is 13.4 Å². The van der Waals surface area contributed by atoms with Crippen LogP contribution in [-0.2, 0) is 23.4 Å². The van der Waals surface area contributed by atoms with E-state index >= 15 is 0 Å². The molecule has 1 saturated heterocycles. The number of carbonyl (C=O) groups excluding carboxylic acids is 1. The lowest BCUT2D eigenvalue weighted by atomic mass is 9.95. The lowest BCUT2D eigenvalue weighted by Gasteiger charge is -2.32. The Kier molecular flexibility index (Phi) is 5.69. The minimum absolute atomic E-state index is 0.0598. The van der Waals surface area contributed by atoms with Gasteiger partial charge >= 0.3 is 0 Å². The van der Waals surface area contributed by atoms with Crippen LogP contribution in [0.3, 0.4) is 0 Å². The van der Waals surface area contributed by atoms with E-state index in [-0.39, 0.29) is 23.3 Å². The number of rotatable bonds is 6. The highest BCUT2D eigenvalue weighted by Gasteiger charge is 2.28. The molecule has 0 N–H and O–H groups in total. The minimum atomic E-state index is -3.01. The molecule has 3 aromatic rings. The largest absolute Gasteiger partial charge is 0.340 e. The molecule has 1 aromatic carbocycles. The third-order valence-corrected chi connectivity index (χ3v) is 7.83. The number of nitrogens with zero attached hydrogens (tertiary/aromatic N) is 4. The van der Waals surface area contributed by atoms with Gasteiger partial charge in [-0.2, -0.15) is 0 Å². The first-order valence-electron chi connectivity index (χ1n) is 10.4. The summed E-state index contributed by atoms with van der Waals surface area (Å²) in [6, 6.07) is 9.98. The smallest absolute Gasteiger partial charge is 0.270 e. The molecule has 8 heteroatoms. The first-order valence-corrected chi connectivity index (χ1v) is 12.3. The van der Waals surface area contributed by atoms with Gasteiger partial charge in [0.1, 0.15) is 11.5 Å². The van der Waals surface area contributed by atoms with Crippen LogP contribution in [0.2, 0.25) is 0 Å². The summed E-state index contributed by atoms with van der Waals surface area (Å²) in [5.41, 5.74) is 1.76. The number of sulfone groups is 1. The lowest BCUT2D eigenvalue weighted by molar-refractivity contribution is 0.0701. The second-order valence-corrected chi connectivity index (χ2v) is 10.4. The van der Waals surface area contributed by atoms with Gasteiger partial charge in [0.15, 0.2) is 9.84 Å². The summed E-state index contributed by atoms with van der Waals surface area (Å²) >= 11 is 0. The molecule has 2 aromatic heterocycles. The molecular weight excluding hydrogens is 400 g/mol. The number of imidazole rings is 1. The van der Waals surface area contributed by atoms with E-state index in [0.29, 0.717) is 25.3 Å². The molecule has 0 bridgehead atoms. The predicted octanol–water partition coefficient (Wildman–Crippen LogP) is 2.83. The molecule has 0 spiro atoms. The summed E-state index contributed by atoms with van der Waals surface area (Å²) in [4.78, 5) is 19.5. The highest BCUT2D eigenvalue weighted by Crippen LogP contribution is 2.28. The van der Waals surface area contributed by atoms with Crippen molar-refractivity contribution in [2.75, 3.05) is 24.6 Å². The number of aryl methyl sites for hydroxylation is 2. The number of benzene rings is 1. The number of carbonyl (C=O) groups is 1. The van der Waals surface area contributed by atoms with Crippen molar-refractivity contribution in [1.82, 2.24) is 19.0 Å². The van der Waals surface area contributed by atoms with E-state index in [1.54, 1.807) is 13.1 Å². The third kappa shape index (κ3) is 4.01. The van der Waals surface area contributed by atoms with Crippen molar-refractivity contribution >= 4 is 26.6 Å². The van der Waals surface area contributed by atoms with Gasteiger partial charge in [0.05, 0.1) is 5.75 Å². The zero-order valence-corrected chi connectivity index (χ0v) is 18.3. The van der Waals surface area contributed by atoms with Gasteiger partial charge in [0.2, 0.25) is 0 Å². The number of amides is 1. The number of aromatic nitrogens is 3. The van der Waals surface area contributed by atoms with Crippen LogP contribution >= 0.6 is 0 Å². The maximum Gasteiger partial charge on any atom is 0.270 e. The number of hydrogen-bond donors (Lipinski definition) is 0. The molecule has 1 aliphatic heterocycles. The normalized spacial score (nSPS) is 15.7. The quantitative estimate of drug-likeness (QED) is 0.605.